The molecule has 6 nitrogen and oxygen atoms in total. The summed E-state index contributed by atoms with van der Waals surface area (Å²) in [7, 11) is 0. The fourth-order valence-electron chi connectivity index (χ4n) is 3.78. The topological polar surface area (TPSA) is 58.9 Å². The zero-order valence-electron chi connectivity index (χ0n) is 16.1. The Bertz CT molecular complexity index is 1010. The van der Waals surface area contributed by atoms with E-state index in [1.807, 2.05) is 24.4 Å². The van der Waals surface area contributed by atoms with Crippen molar-refractivity contribution in [3.8, 4) is 5.75 Å². The number of hydrogen-bond donors (Lipinski definition) is 1. The maximum atomic E-state index is 13.0. The summed E-state index contributed by atoms with van der Waals surface area (Å²) in [4.78, 5) is 14.8. The van der Waals surface area contributed by atoms with E-state index >= 15 is 0 Å². The van der Waals surface area contributed by atoms with Gasteiger partial charge in [-0.1, -0.05) is 12.8 Å². The monoisotopic (exact) mass is 418 g/mol. The number of hydrogen-bond acceptors (Lipinski definition) is 3. The summed E-state index contributed by atoms with van der Waals surface area (Å²) in [6, 6.07) is 10.8. The molecular formula is C21H21F3N4O2. The van der Waals surface area contributed by atoms with Gasteiger partial charge in [0, 0.05) is 30.7 Å². The highest BCUT2D eigenvalue weighted by Gasteiger charge is 2.31. The number of pyridine rings is 1. The zero-order valence-corrected chi connectivity index (χ0v) is 16.1. The predicted octanol–water partition coefficient (Wildman–Crippen LogP) is 5.21. The zero-order chi connectivity index (χ0) is 21.1. The summed E-state index contributed by atoms with van der Waals surface area (Å²) in [5.74, 6) is -0.331. The van der Waals surface area contributed by atoms with Gasteiger partial charge in [-0.05, 0) is 60.9 Å². The molecule has 0 spiro atoms. The second-order valence-corrected chi connectivity index (χ2v) is 7.30. The third-order valence-electron chi connectivity index (χ3n) is 5.18. The smallest absolute Gasteiger partial charge is 0.406 e. The Morgan fingerprint density at radius 3 is 2.60 bits per heavy atom. The van der Waals surface area contributed by atoms with Crippen molar-refractivity contribution in [2.24, 2.45) is 0 Å². The molecular weight excluding hydrogens is 397 g/mol. The summed E-state index contributed by atoms with van der Waals surface area (Å²) in [6.07, 6.45) is 2.82. The van der Waals surface area contributed by atoms with Crippen molar-refractivity contribution in [1.82, 2.24) is 14.5 Å². The highest BCUT2D eigenvalue weighted by atomic mass is 19.4. The van der Waals surface area contributed by atoms with E-state index in [9.17, 15) is 18.0 Å². The van der Waals surface area contributed by atoms with Crippen molar-refractivity contribution in [3.63, 3.8) is 0 Å². The second kappa shape index (κ2) is 8.25. The van der Waals surface area contributed by atoms with Crippen molar-refractivity contribution in [1.29, 1.82) is 0 Å². The van der Waals surface area contributed by atoms with Gasteiger partial charge in [0.15, 0.2) is 0 Å². The lowest BCUT2D eigenvalue weighted by Crippen LogP contribution is -2.41. The number of nitrogens with one attached hydrogen (secondary N) is 1. The van der Waals surface area contributed by atoms with Crippen molar-refractivity contribution in [2.45, 2.75) is 44.6 Å². The molecule has 30 heavy (non-hydrogen) atoms. The fraction of sp³-hybridized carbons (Fsp3) is 0.333. The first-order valence-corrected chi connectivity index (χ1v) is 9.73. The molecule has 2 aromatic heterocycles. The van der Waals surface area contributed by atoms with Crippen LogP contribution in [0.1, 0.15) is 31.2 Å². The number of halogens is 3. The Morgan fingerprint density at radius 1 is 1.17 bits per heavy atom. The van der Waals surface area contributed by atoms with E-state index in [0.29, 0.717) is 12.2 Å². The molecule has 1 aliphatic carbocycles. The average Bonchev–Trinajstić information content (AvgIpc) is 3.38. The Kier molecular flexibility index (Phi) is 5.52. The lowest BCUT2D eigenvalue weighted by atomic mass is 10.1. The molecule has 0 saturated heterocycles. The van der Waals surface area contributed by atoms with Gasteiger partial charge in [0.25, 0.3) is 0 Å². The van der Waals surface area contributed by atoms with Gasteiger partial charge < -0.3 is 15.0 Å². The van der Waals surface area contributed by atoms with E-state index < -0.39 is 6.36 Å². The Labute approximate surface area is 171 Å². The highest BCUT2D eigenvalue weighted by molar-refractivity contribution is 5.89. The Hall–Kier alpha value is -3.23. The maximum Gasteiger partial charge on any atom is 0.573 e. The molecule has 4 rings (SSSR count). The summed E-state index contributed by atoms with van der Waals surface area (Å²) >= 11 is 0. The molecule has 0 aliphatic heterocycles. The minimum atomic E-state index is -4.75. The van der Waals surface area contributed by atoms with E-state index in [1.165, 1.54) is 24.3 Å². The first-order chi connectivity index (χ1) is 14.4. The van der Waals surface area contributed by atoms with Crippen molar-refractivity contribution >= 4 is 17.2 Å². The number of carbonyl (C=O) groups is 1. The number of rotatable bonds is 5. The number of fused-ring (bicyclic) bond motifs is 1. The van der Waals surface area contributed by atoms with E-state index in [2.05, 4.69) is 15.2 Å². The van der Waals surface area contributed by atoms with Crippen LogP contribution in [0.5, 0.6) is 5.75 Å². The lowest BCUT2D eigenvalue weighted by molar-refractivity contribution is -0.274. The average molecular weight is 418 g/mol. The number of ether oxygens (including phenoxy) is 1. The standard InChI is InChI=1S/C21H21F3N4O2/c22-21(23,24)30-19-7-5-16(6-8-19)26-20(29)27(17-3-1-2-4-17)14-15-10-12-28-18(13-15)9-11-25-28/h5-13,17H,1-4,14H2,(H,26,29). The van der Waals surface area contributed by atoms with Crippen LogP contribution in [0.2, 0.25) is 0 Å². The van der Waals surface area contributed by atoms with Crippen LogP contribution in [-0.4, -0.2) is 32.9 Å². The van der Waals surface area contributed by atoms with Crippen LogP contribution in [0.15, 0.2) is 54.9 Å². The minimum Gasteiger partial charge on any atom is -0.406 e. The molecule has 0 bridgehead atoms. The SMILES string of the molecule is O=C(Nc1ccc(OC(F)(F)F)cc1)N(Cc1ccn2nccc2c1)C1CCCC1. The molecule has 158 valence electrons. The van der Waals surface area contributed by atoms with Crippen LogP contribution in [0.25, 0.3) is 5.52 Å². The predicted molar refractivity (Wildman–Crippen MR) is 105 cm³/mol. The second-order valence-electron chi connectivity index (χ2n) is 7.30. The number of nitrogens with zero attached hydrogens (tertiary/aromatic N) is 3. The molecule has 1 saturated carbocycles. The maximum absolute atomic E-state index is 13.0. The van der Waals surface area contributed by atoms with Gasteiger partial charge in [-0.15, -0.1) is 13.2 Å². The Morgan fingerprint density at radius 2 is 1.90 bits per heavy atom. The molecule has 1 fully saturated rings. The normalized spacial score (nSPS) is 14.8. The Balaban J connectivity index is 1.48. The molecule has 3 aromatic rings. The van der Waals surface area contributed by atoms with Gasteiger partial charge in [-0.25, -0.2) is 9.31 Å². The molecule has 1 N–H and O–H groups in total. The number of benzene rings is 1. The summed E-state index contributed by atoms with van der Waals surface area (Å²) in [6.45, 7) is 0.438. The van der Waals surface area contributed by atoms with Crippen molar-refractivity contribution in [2.75, 3.05) is 5.32 Å². The number of carbonyl (C=O) groups excluding carboxylic acids is 1. The van der Waals surface area contributed by atoms with E-state index in [1.54, 1.807) is 15.6 Å². The van der Waals surface area contributed by atoms with E-state index in [0.717, 1.165) is 36.8 Å². The third-order valence-corrected chi connectivity index (χ3v) is 5.18. The number of aromatic nitrogens is 2. The molecule has 2 amide bonds. The quantitative estimate of drug-likeness (QED) is 0.619. The van der Waals surface area contributed by atoms with Crippen LogP contribution in [0.4, 0.5) is 23.7 Å². The molecule has 0 atom stereocenters. The fourth-order valence-corrected chi connectivity index (χ4v) is 3.78. The van der Waals surface area contributed by atoms with Crippen molar-refractivity contribution < 1.29 is 22.7 Å². The van der Waals surface area contributed by atoms with Gasteiger partial charge in [0.1, 0.15) is 5.75 Å². The van der Waals surface area contributed by atoms with Crippen LogP contribution in [0, 0.1) is 0 Å². The van der Waals surface area contributed by atoms with Gasteiger partial charge in [-0.2, -0.15) is 5.10 Å². The first kappa shape index (κ1) is 20.1. The van der Waals surface area contributed by atoms with Crippen molar-refractivity contribution in [3.05, 3.63) is 60.4 Å². The van der Waals surface area contributed by atoms with Gasteiger partial charge in [-0.3, -0.25) is 0 Å². The van der Waals surface area contributed by atoms with Crippen LogP contribution in [0.3, 0.4) is 0 Å². The first-order valence-electron chi connectivity index (χ1n) is 9.73. The lowest BCUT2D eigenvalue weighted by Gasteiger charge is -2.29. The van der Waals surface area contributed by atoms with Gasteiger partial charge >= 0.3 is 12.4 Å². The third kappa shape index (κ3) is 4.84. The molecule has 1 aromatic carbocycles. The molecule has 1 aliphatic rings. The van der Waals surface area contributed by atoms with Gasteiger partial charge in [0.2, 0.25) is 0 Å². The van der Waals surface area contributed by atoms with Gasteiger partial charge in [0.05, 0.1) is 5.52 Å². The molecule has 0 unspecified atom stereocenters. The number of anilines is 1. The molecule has 0 radical (unpaired) electrons. The largest absolute Gasteiger partial charge is 0.573 e. The van der Waals surface area contributed by atoms with E-state index in [-0.39, 0.29) is 17.8 Å². The molecule has 9 heteroatoms. The highest BCUT2D eigenvalue weighted by Crippen LogP contribution is 2.27. The van der Waals surface area contributed by atoms with E-state index in [4.69, 9.17) is 0 Å². The number of urea groups is 1. The summed E-state index contributed by atoms with van der Waals surface area (Å²) in [5.41, 5.74) is 2.34. The number of alkyl halides is 3. The van der Waals surface area contributed by atoms with Crippen LogP contribution in [-0.2, 0) is 6.54 Å². The minimum absolute atomic E-state index is 0.124. The molecule has 2 heterocycles. The summed E-state index contributed by atoms with van der Waals surface area (Å²) < 4.78 is 42.6. The van der Waals surface area contributed by atoms with Crippen LogP contribution < -0.4 is 10.1 Å². The van der Waals surface area contributed by atoms with Crippen LogP contribution >= 0.6 is 0 Å². The summed E-state index contributed by atoms with van der Waals surface area (Å²) in [5, 5.41) is 6.97. The number of amides is 2.